The number of hydrogen-bond donors (Lipinski definition) is 2. The zero-order valence-corrected chi connectivity index (χ0v) is 13.7. The molecule has 1 aromatic rings. The number of nitrogens with zero attached hydrogens (tertiary/aromatic N) is 1. The molecule has 2 atom stereocenters. The molecule has 1 saturated carbocycles. The summed E-state index contributed by atoms with van der Waals surface area (Å²) in [5, 5.41) is 12.7. The van der Waals surface area contributed by atoms with Gasteiger partial charge in [0.15, 0.2) is 0 Å². The van der Waals surface area contributed by atoms with Gasteiger partial charge in [-0.25, -0.2) is 0 Å². The third-order valence-corrected chi connectivity index (χ3v) is 4.68. The van der Waals surface area contributed by atoms with Gasteiger partial charge >= 0.3 is 0 Å². The lowest BCUT2D eigenvalue weighted by Crippen LogP contribution is -2.35. The van der Waals surface area contributed by atoms with Gasteiger partial charge in [0.05, 0.1) is 18.1 Å². The van der Waals surface area contributed by atoms with Crippen LogP contribution in [0.15, 0.2) is 24.3 Å². The maximum atomic E-state index is 12.3. The summed E-state index contributed by atoms with van der Waals surface area (Å²) in [5.74, 6) is 0.0538. The summed E-state index contributed by atoms with van der Waals surface area (Å²) in [5.41, 5.74) is 2.02. The molecule has 5 nitrogen and oxygen atoms in total. The van der Waals surface area contributed by atoms with Crippen molar-refractivity contribution in [2.24, 2.45) is 5.92 Å². The van der Waals surface area contributed by atoms with E-state index < -0.39 is 0 Å². The highest BCUT2D eigenvalue weighted by atomic mass is 16.5. The molecule has 2 aliphatic rings. The van der Waals surface area contributed by atoms with Crippen LogP contribution in [0.4, 0.5) is 5.69 Å². The minimum atomic E-state index is -0.161. The van der Waals surface area contributed by atoms with E-state index in [1.807, 2.05) is 25.1 Å². The topological polar surface area (TPSA) is 61.8 Å². The number of hydrogen-bond acceptors (Lipinski definition) is 4. The van der Waals surface area contributed by atoms with Crippen molar-refractivity contribution in [2.45, 2.75) is 44.9 Å². The Bertz CT molecular complexity index is 541. The third kappa shape index (κ3) is 4.31. The first-order valence-electron chi connectivity index (χ1n) is 8.58. The minimum absolute atomic E-state index is 0.00635. The second-order valence-corrected chi connectivity index (χ2v) is 6.49. The maximum absolute atomic E-state index is 12.3. The predicted octanol–water partition coefficient (Wildman–Crippen LogP) is 2.01. The fourth-order valence-electron chi connectivity index (χ4n) is 3.17. The quantitative estimate of drug-likeness (QED) is 0.842. The second-order valence-electron chi connectivity index (χ2n) is 6.49. The molecular formula is C18H26N2O3. The SMILES string of the molecule is CCOC1CC1C(=O)Nc1ccccc1CN1CCC(O)CC1. The van der Waals surface area contributed by atoms with Crippen molar-refractivity contribution >= 4 is 11.6 Å². The number of carbonyl (C=O) groups is 1. The van der Waals surface area contributed by atoms with Crippen LogP contribution < -0.4 is 5.32 Å². The van der Waals surface area contributed by atoms with Gasteiger partial charge in [0.1, 0.15) is 0 Å². The van der Waals surface area contributed by atoms with Crippen LogP contribution >= 0.6 is 0 Å². The molecule has 5 heteroatoms. The lowest BCUT2D eigenvalue weighted by Gasteiger charge is -2.30. The average molecular weight is 318 g/mol. The van der Waals surface area contributed by atoms with Crippen molar-refractivity contribution in [3.63, 3.8) is 0 Å². The molecule has 126 valence electrons. The molecule has 2 N–H and O–H groups in total. The molecule has 1 aromatic carbocycles. The molecule has 2 unspecified atom stereocenters. The van der Waals surface area contributed by atoms with E-state index in [1.165, 1.54) is 0 Å². The first-order valence-corrected chi connectivity index (χ1v) is 8.58. The normalized spacial score (nSPS) is 25.3. The van der Waals surface area contributed by atoms with Gasteiger partial charge in [-0.2, -0.15) is 0 Å². The lowest BCUT2D eigenvalue weighted by molar-refractivity contribution is -0.118. The molecule has 2 fully saturated rings. The Balaban J connectivity index is 1.58. The van der Waals surface area contributed by atoms with Crippen molar-refractivity contribution in [1.29, 1.82) is 0 Å². The Morgan fingerprint density at radius 1 is 1.35 bits per heavy atom. The van der Waals surface area contributed by atoms with E-state index in [2.05, 4.69) is 16.3 Å². The average Bonchev–Trinajstić information content (AvgIpc) is 3.31. The summed E-state index contributed by atoms with van der Waals surface area (Å²) in [6.07, 6.45) is 2.41. The Morgan fingerprint density at radius 3 is 2.83 bits per heavy atom. The van der Waals surface area contributed by atoms with E-state index in [4.69, 9.17) is 4.74 Å². The first-order chi connectivity index (χ1) is 11.2. The molecule has 3 rings (SSSR count). The van der Waals surface area contributed by atoms with Crippen LogP contribution in [-0.2, 0) is 16.1 Å². The number of aliphatic hydroxyl groups is 1. The Kier molecular flexibility index (Phi) is 5.30. The number of nitrogens with one attached hydrogen (secondary N) is 1. The molecule has 1 aliphatic heterocycles. The van der Waals surface area contributed by atoms with E-state index in [0.29, 0.717) is 6.61 Å². The molecule has 1 aliphatic carbocycles. The predicted molar refractivity (Wildman–Crippen MR) is 89.1 cm³/mol. The standard InChI is InChI=1S/C18H26N2O3/c1-2-23-17-11-15(17)18(22)19-16-6-4-3-5-13(16)12-20-9-7-14(21)8-10-20/h3-6,14-15,17,21H,2,7-12H2,1H3,(H,19,22). The number of carbonyl (C=O) groups excluding carboxylic acids is 1. The van der Waals surface area contributed by atoms with Crippen LogP contribution in [-0.4, -0.2) is 47.8 Å². The summed E-state index contributed by atoms with van der Waals surface area (Å²) in [6.45, 7) is 5.23. The zero-order valence-electron chi connectivity index (χ0n) is 13.7. The molecule has 1 saturated heterocycles. The minimum Gasteiger partial charge on any atom is -0.393 e. The van der Waals surface area contributed by atoms with Crippen molar-refractivity contribution < 1.29 is 14.6 Å². The molecule has 1 heterocycles. The van der Waals surface area contributed by atoms with Gasteiger partial charge in [-0.3, -0.25) is 9.69 Å². The van der Waals surface area contributed by atoms with Crippen LogP contribution in [0.1, 0.15) is 31.7 Å². The van der Waals surface area contributed by atoms with Gasteiger partial charge in [-0.15, -0.1) is 0 Å². The zero-order chi connectivity index (χ0) is 16.2. The largest absolute Gasteiger partial charge is 0.393 e. The number of likely N-dealkylation sites (tertiary alicyclic amines) is 1. The Hall–Kier alpha value is -1.43. The first kappa shape index (κ1) is 16.4. The summed E-state index contributed by atoms with van der Waals surface area (Å²) < 4.78 is 5.49. The van der Waals surface area contributed by atoms with Gasteiger partial charge in [-0.1, -0.05) is 18.2 Å². The third-order valence-electron chi connectivity index (χ3n) is 4.68. The van der Waals surface area contributed by atoms with Crippen LogP contribution in [0, 0.1) is 5.92 Å². The van der Waals surface area contributed by atoms with Crippen molar-refractivity contribution in [3.05, 3.63) is 29.8 Å². The van der Waals surface area contributed by atoms with Crippen LogP contribution in [0.3, 0.4) is 0 Å². The molecule has 0 aromatic heterocycles. The summed E-state index contributed by atoms with van der Waals surface area (Å²) in [6, 6.07) is 7.98. The Morgan fingerprint density at radius 2 is 2.09 bits per heavy atom. The van der Waals surface area contributed by atoms with E-state index >= 15 is 0 Å². The smallest absolute Gasteiger partial charge is 0.230 e. The number of rotatable bonds is 6. The lowest BCUT2D eigenvalue weighted by atomic mass is 10.1. The van der Waals surface area contributed by atoms with Crippen molar-refractivity contribution in [3.8, 4) is 0 Å². The number of piperidine rings is 1. The number of amides is 1. The van der Waals surface area contributed by atoms with Crippen molar-refractivity contribution in [1.82, 2.24) is 4.90 Å². The number of para-hydroxylation sites is 1. The molecular weight excluding hydrogens is 292 g/mol. The van der Waals surface area contributed by atoms with Gasteiger partial charge in [0, 0.05) is 31.9 Å². The van der Waals surface area contributed by atoms with Gasteiger partial charge in [0.25, 0.3) is 0 Å². The van der Waals surface area contributed by atoms with E-state index in [1.54, 1.807) is 0 Å². The van der Waals surface area contributed by atoms with E-state index in [0.717, 1.165) is 50.1 Å². The number of aliphatic hydroxyl groups excluding tert-OH is 1. The summed E-state index contributed by atoms with van der Waals surface area (Å²) in [7, 11) is 0. The van der Waals surface area contributed by atoms with Gasteiger partial charge in [0.2, 0.25) is 5.91 Å². The Labute approximate surface area is 137 Å². The number of ether oxygens (including phenoxy) is 1. The highest BCUT2D eigenvalue weighted by Gasteiger charge is 2.44. The van der Waals surface area contributed by atoms with Crippen LogP contribution in [0.2, 0.25) is 0 Å². The highest BCUT2D eigenvalue weighted by Crippen LogP contribution is 2.35. The molecule has 23 heavy (non-hydrogen) atoms. The fourth-order valence-corrected chi connectivity index (χ4v) is 3.17. The van der Waals surface area contributed by atoms with Gasteiger partial charge < -0.3 is 15.2 Å². The fraction of sp³-hybridized carbons (Fsp3) is 0.611. The monoisotopic (exact) mass is 318 g/mol. The van der Waals surface area contributed by atoms with Crippen LogP contribution in [0.25, 0.3) is 0 Å². The highest BCUT2D eigenvalue weighted by molar-refractivity contribution is 5.95. The summed E-state index contributed by atoms with van der Waals surface area (Å²) in [4.78, 5) is 14.6. The maximum Gasteiger partial charge on any atom is 0.230 e. The molecule has 0 spiro atoms. The number of benzene rings is 1. The van der Waals surface area contributed by atoms with E-state index in [-0.39, 0.29) is 24.0 Å². The number of anilines is 1. The summed E-state index contributed by atoms with van der Waals surface area (Å²) >= 11 is 0. The van der Waals surface area contributed by atoms with Crippen molar-refractivity contribution in [2.75, 3.05) is 25.0 Å². The van der Waals surface area contributed by atoms with E-state index in [9.17, 15) is 9.90 Å². The second kappa shape index (κ2) is 7.43. The van der Waals surface area contributed by atoms with Gasteiger partial charge in [-0.05, 0) is 37.8 Å². The van der Waals surface area contributed by atoms with Crippen LogP contribution in [0.5, 0.6) is 0 Å². The molecule has 0 radical (unpaired) electrons. The molecule has 0 bridgehead atoms. The molecule has 1 amide bonds.